The van der Waals surface area contributed by atoms with Crippen LogP contribution in [0.1, 0.15) is 59.2 Å². The Labute approximate surface area is 157 Å². The Balaban J connectivity index is 1.40. The van der Waals surface area contributed by atoms with E-state index in [0.717, 1.165) is 50.2 Å². The van der Waals surface area contributed by atoms with Crippen LogP contribution >= 0.6 is 0 Å². The quantitative estimate of drug-likeness (QED) is 0.887. The first-order valence-electron chi connectivity index (χ1n) is 9.58. The van der Waals surface area contributed by atoms with E-state index < -0.39 is 0 Å². The van der Waals surface area contributed by atoms with Crippen molar-refractivity contribution in [3.8, 4) is 0 Å². The lowest BCUT2D eigenvalue weighted by Crippen LogP contribution is -2.38. The van der Waals surface area contributed by atoms with Crippen LogP contribution in [0.25, 0.3) is 0 Å². The molecule has 27 heavy (non-hydrogen) atoms. The predicted octanol–water partition coefficient (Wildman–Crippen LogP) is 1.95. The molecule has 0 atom stereocenters. The van der Waals surface area contributed by atoms with Crippen molar-refractivity contribution in [3.63, 3.8) is 0 Å². The molecule has 0 radical (unpaired) electrons. The summed E-state index contributed by atoms with van der Waals surface area (Å²) in [5.41, 5.74) is 2.39. The number of aryl methyl sites for hydroxylation is 3. The second-order valence-electron chi connectivity index (χ2n) is 7.42. The highest BCUT2D eigenvalue weighted by Crippen LogP contribution is 2.29. The van der Waals surface area contributed by atoms with Gasteiger partial charge in [0, 0.05) is 25.9 Å². The third-order valence-corrected chi connectivity index (χ3v) is 5.37. The van der Waals surface area contributed by atoms with E-state index in [4.69, 9.17) is 4.42 Å². The fourth-order valence-electron chi connectivity index (χ4n) is 3.70. The Bertz CT molecular complexity index is 865. The van der Waals surface area contributed by atoms with E-state index in [9.17, 15) is 9.59 Å². The first kappa shape index (κ1) is 17.8. The van der Waals surface area contributed by atoms with Gasteiger partial charge in [-0.15, -0.1) is 0 Å². The summed E-state index contributed by atoms with van der Waals surface area (Å²) in [4.78, 5) is 30.9. The average Bonchev–Trinajstić information content (AvgIpc) is 3.06. The van der Waals surface area contributed by atoms with Crippen LogP contribution in [0.2, 0.25) is 0 Å². The van der Waals surface area contributed by atoms with Gasteiger partial charge in [-0.3, -0.25) is 14.3 Å². The lowest BCUT2D eigenvalue weighted by molar-refractivity contribution is -0.138. The third kappa shape index (κ3) is 3.61. The fraction of sp³-hybridized carbons (Fsp3) is 0.579. The Kier molecular flexibility index (Phi) is 4.72. The molecule has 0 bridgehead atoms. The molecule has 0 aromatic carbocycles. The van der Waals surface area contributed by atoms with Crippen molar-refractivity contribution in [2.45, 2.75) is 59.2 Å². The van der Waals surface area contributed by atoms with E-state index in [2.05, 4.69) is 15.4 Å². The number of oxazole rings is 1. The number of rotatable bonds is 4. The first-order chi connectivity index (χ1) is 13.0. The number of carbonyl (C=O) groups excluding carboxylic acids is 2. The van der Waals surface area contributed by atoms with Crippen LogP contribution in [-0.4, -0.2) is 38.0 Å². The minimum Gasteiger partial charge on any atom is -0.436 e. The molecule has 2 aromatic rings. The van der Waals surface area contributed by atoms with Crippen LogP contribution in [0.3, 0.4) is 0 Å². The molecule has 2 aromatic heterocycles. The van der Waals surface area contributed by atoms with Crippen LogP contribution in [0.4, 0.5) is 0 Å². The number of fused-ring (bicyclic) bond motifs is 1. The topological polar surface area (TPSA) is 93.3 Å². The number of hydrogen-bond donors (Lipinski definition) is 1. The molecule has 1 N–H and O–H groups in total. The zero-order valence-electron chi connectivity index (χ0n) is 15.8. The van der Waals surface area contributed by atoms with Gasteiger partial charge in [-0.05, 0) is 32.3 Å². The van der Waals surface area contributed by atoms with Gasteiger partial charge >= 0.3 is 0 Å². The van der Waals surface area contributed by atoms with E-state index in [1.807, 2.05) is 15.6 Å². The number of carbonyl (C=O) groups is 2. The third-order valence-electron chi connectivity index (χ3n) is 5.37. The SMILES string of the molecule is Cc1nc(C)c(C(=O)NCc2cc3n(n2)CCCN(C(=O)C2CCC2)C3)o1. The van der Waals surface area contributed by atoms with Gasteiger partial charge in [0.1, 0.15) is 0 Å². The van der Waals surface area contributed by atoms with Gasteiger partial charge in [0.05, 0.1) is 30.2 Å². The Morgan fingerprint density at radius 1 is 1.26 bits per heavy atom. The molecule has 2 aliphatic rings. The summed E-state index contributed by atoms with van der Waals surface area (Å²) in [6, 6.07) is 1.98. The second-order valence-corrected chi connectivity index (χ2v) is 7.42. The molecule has 0 unspecified atom stereocenters. The number of amides is 2. The van der Waals surface area contributed by atoms with Crippen molar-refractivity contribution >= 4 is 11.8 Å². The molecule has 2 amide bonds. The molecule has 4 rings (SSSR count). The van der Waals surface area contributed by atoms with Gasteiger partial charge in [-0.2, -0.15) is 5.10 Å². The summed E-state index contributed by atoms with van der Waals surface area (Å²) in [6.07, 6.45) is 4.10. The number of nitrogens with one attached hydrogen (secondary N) is 1. The highest BCUT2D eigenvalue weighted by Gasteiger charge is 2.30. The summed E-state index contributed by atoms with van der Waals surface area (Å²) in [5, 5.41) is 7.43. The van der Waals surface area contributed by atoms with Crippen LogP contribution in [0.5, 0.6) is 0 Å². The average molecular weight is 371 g/mol. The van der Waals surface area contributed by atoms with E-state index in [-0.39, 0.29) is 23.5 Å². The Morgan fingerprint density at radius 3 is 2.74 bits per heavy atom. The normalized spacial score (nSPS) is 17.2. The van der Waals surface area contributed by atoms with Crippen molar-refractivity contribution in [1.29, 1.82) is 0 Å². The van der Waals surface area contributed by atoms with Crippen molar-refractivity contribution in [2.24, 2.45) is 5.92 Å². The number of aromatic nitrogens is 3. The van der Waals surface area contributed by atoms with Crippen LogP contribution in [-0.2, 0) is 24.4 Å². The van der Waals surface area contributed by atoms with Crippen LogP contribution in [0.15, 0.2) is 10.5 Å². The lowest BCUT2D eigenvalue weighted by Gasteiger charge is -2.30. The maximum absolute atomic E-state index is 12.6. The molecule has 1 fully saturated rings. The Morgan fingerprint density at radius 2 is 2.07 bits per heavy atom. The molecule has 1 aliphatic heterocycles. The maximum Gasteiger partial charge on any atom is 0.289 e. The molecule has 0 saturated heterocycles. The highest BCUT2D eigenvalue weighted by molar-refractivity contribution is 5.92. The van der Waals surface area contributed by atoms with Gasteiger partial charge in [0.15, 0.2) is 5.89 Å². The summed E-state index contributed by atoms with van der Waals surface area (Å²) < 4.78 is 7.31. The molecule has 1 saturated carbocycles. The van der Waals surface area contributed by atoms with Gasteiger partial charge in [0.25, 0.3) is 5.91 Å². The van der Waals surface area contributed by atoms with Crippen molar-refractivity contribution in [2.75, 3.05) is 6.54 Å². The standard InChI is InChI=1S/C19H25N5O3/c1-12-17(27-13(2)21-12)18(25)20-10-15-9-16-11-23(7-4-8-24(16)22-15)19(26)14-5-3-6-14/h9,14H,3-8,10-11H2,1-2H3,(H,20,25). The van der Waals surface area contributed by atoms with Gasteiger partial charge < -0.3 is 14.6 Å². The van der Waals surface area contributed by atoms with Crippen LogP contribution < -0.4 is 5.32 Å². The zero-order chi connectivity index (χ0) is 19.0. The molecule has 3 heterocycles. The molecule has 8 nitrogen and oxygen atoms in total. The van der Waals surface area contributed by atoms with Crippen molar-refractivity contribution in [1.82, 2.24) is 25.0 Å². The summed E-state index contributed by atoms with van der Waals surface area (Å²) in [7, 11) is 0. The molecule has 1 aliphatic carbocycles. The molecule has 8 heteroatoms. The molecular weight excluding hydrogens is 346 g/mol. The lowest BCUT2D eigenvalue weighted by atomic mass is 9.84. The monoisotopic (exact) mass is 371 g/mol. The van der Waals surface area contributed by atoms with E-state index >= 15 is 0 Å². The minimum atomic E-state index is -0.293. The van der Waals surface area contributed by atoms with Gasteiger partial charge in [-0.25, -0.2) is 4.98 Å². The number of nitrogens with zero attached hydrogens (tertiary/aromatic N) is 4. The molecule has 0 spiro atoms. The fourth-order valence-corrected chi connectivity index (χ4v) is 3.70. The summed E-state index contributed by atoms with van der Waals surface area (Å²) in [5.74, 6) is 0.917. The van der Waals surface area contributed by atoms with E-state index in [1.54, 1.807) is 13.8 Å². The van der Waals surface area contributed by atoms with E-state index in [0.29, 0.717) is 24.7 Å². The molecular formula is C19H25N5O3. The Hall–Kier alpha value is -2.64. The van der Waals surface area contributed by atoms with Gasteiger partial charge in [0.2, 0.25) is 11.7 Å². The number of hydrogen-bond acceptors (Lipinski definition) is 5. The smallest absolute Gasteiger partial charge is 0.289 e. The largest absolute Gasteiger partial charge is 0.436 e. The summed E-state index contributed by atoms with van der Waals surface area (Å²) in [6.45, 7) is 5.95. The minimum absolute atomic E-state index is 0.215. The molecule has 144 valence electrons. The summed E-state index contributed by atoms with van der Waals surface area (Å²) >= 11 is 0. The maximum atomic E-state index is 12.6. The highest BCUT2D eigenvalue weighted by atomic mass is 16.4. The van der Waals surface area contributed by atoms with Crippen molar-refractivity contribution < 1.29 is 14.0 Å². The van der Waals surface area contributed by atoms with Crippen molar-refractivity contribution in [3.05, 3.63) is 34.8 Å². The van der Waals surface area contributed by atoms with E-state index in [1.165, 1.54) is 0 Å². The predicted molar refractivity (Wildman–Crippen MR) is 96.7 cm³/mol. The first-order valence-corrected chi connectivity index (χ1v) is 9.58. The zero-order valence-corrected chi connectivity index (χ0v) is 15.8. The van der Waals surface area contributed by atoms with Crippen LogP contribution in [0, 0.1) is 19.8 Å². The van der Waals surface area contributed by atoms with Gasteiger partial charge in [-0.1, -0.05) is 6.42 Å². The second kappa shape index (κ2) is 7.17.